The Morgan fingerprint density at radius 3 is 2.43 bits per heavy atom. The van der Waals surface area contributed by atoms with E-state index in [4.69, 9.17) is 28.5 Å². The van der Waals surface area contributed by atoms with Crippen LogP contribution in [0.4, 0.5) is 0 Å². The number of hydroxylamine groups is 2. The Morgan fingerprint density at radius 1 is 1.07 bits per heavy atom. The molecule has 228 valence electrons. The van der Waals surface area contributed by atoms with Gasteiger partial charge in [0.15, 0.2) is 24.2 Å². The first kappa shape index (κ1) is 30.4. The summed E-state index contributed by atoms with van der Waals surface area (Å²) in [7, 11) is 1.58. The van der Waals surface area contributed by atoms with E-state index in [1.165, 1.54) is 6.92 Å². The van der Waals surface area contributed by atoms with Crippen LogP contribution >= 0.6 is 0 Å². The number of carbonyl (C=O) groups excluding carboxylic acids is 2. The zero-order valence-corrected chi connectivity index (χ0v) is 24.6. The maximum atomic E-state index is 14.6. The fourth-order valence-electron chi connectivity index (χ4n) is 5.84. The average Bonchev–Trinajstić information content (AvgIpc) is 3.37. The largest absolute Gasteiger partial charge is 0.497 e. The van der Waals surface area contributed by atoms with Gasteiger partial charge in [0, 0.05) is 19.0 Å². The summed E-state index contributed by atoms with van der Waals surface area (Å²) in [5, 5.41) is 15.3. The number of nitrogens with one attached hydrogen (secondary N) is 1. The van der Waals surface area contributed by atoms with Gasteiger partial charge in [0.25, 0.3) is 0 Å². The van der Waals surface area contributed by atoms with Crippen LogP contribution in [0, 0.1) is 0 Å². The first-order chi connectivity index (χ1) is 20.0. The quantitative estimate of drug-likeness (QED) is 0.470. The highest BCUT2D eigenvalue weighted by Gasteiger charge is 2.57. The fraction of sp³-hybridized carbons (Fsp3) is 0.548. The van der Waals surface area contributed by atoms with Crippen molar-refractivity contribution >= 4 is 11.9 Å². The number of ether oxygens (including phenoxy) is 5. The van der Waals surface area contributed by atoms with E-state index in [1.807, 2.05) is 63.2 Å². The highest BCUT2D eigenvalue weighted by atomic mass is 16.7. The molecule has 2 aromatic carbocycles. The van der Waals surface area contributed by atoms with Crippen molar-refractivity contribution in [3.05, 3.63) is 65.7 Å². The summed E-state index contributed by atoms with van der Waals surface area (Å²) in [6, 6.07) is 15.5. The van der Waals surface area contributed by atoms with Gasteiger partial charge in [0.2, 0.25) is 5.91 Å². The molecule has 1 amide bonds. The molecule has 3 fully saturated rings. The molecular formula is C31H40N2O9. The fourth-order valence-corrected chi connectivity index (χ4v) is 5.84. The Kier molecular flexibility index (Phi) is 8.89. The number of aliphatic hydroxyl groups excluding tert-OH is 1. The molecule has 2 aromatic rings. The van der Waals surface area contributed by atoms with E-state index in [-0.39, 0.29) is 6.61 Å². The minimum atomic E-state index is -1.46. The molecule has 3 aliphatic heterocycles. The second-order valence-corrected chi connectivity index (χ2v) is 11.8. The number of rotatable bonds is 7. The van der Waals surface area contributed by atoms with Crippen LogP contribution in [-0.2, 0) is 38.9 Å². The summed E-state index contributed by atoms with van der Waals surface area (Å²) < 4.78 is 29.7. The van der Waals surface area contributed by atoms with Crippen molar-refractivity contribution in [2.45, 2.75) is 88.6 Å². The molecule has 11 heteroatoms. The van der Waals surface area contributed by atoms with Crippen LogP contribution in [-0.4, -0.2) is 78.6 Å². The summed E-state index contributed by atoms with van der Waals surface area (Å²) in [5.74, 6) is -0.363. The van der Waals surface area contributed by atoms with Crippen LogP contribution in [0.1, 0.15) is 58.0 Å². The van der Waals surface area contributed by atoms with E-state index in [0.29, 0.717) is 30.7 Å². The van der Waals surface area contributed by atoms with E-state index in [0.717, 1.165) is 5.56 Å². The summed E-state index contributed by atoms with van der Waals surface area (Å²) >= 11 is 0. The molecule has 3 aliphatic rings. The first-order valence-corrected chi connectivity index (χ1v) is 14.3. The number of amides is 1. The van der Waals surface area contributed by atoms with Crippen LogP contribution < -0.4 is 10.1 Å². The standard InChI is InChI=1S/C31H40N2O9/c1-19(34)32-24-26(25-23(39-27(24)35)18-38-28(40-25)20-10-7-6-8-11-20)41-29(36)31(21-12-14-22(37-5)15-13-21)16-9-17-33(31)42-30(2,3)4/h6-8,10-15,23-28,35H,9,16-18H2,1-5H3,(H,32,34)/t23-,24-,25-,26-,27?,28?,31-/m1/s1. The topological polar surface area (TPSA) is 125 Å². The van der Waals surface area contributed by atoms with Gasteiger partial charge in [-0.1, -0.05) is 42.5 Å². The molecular weight excluding hydrogens is 544 g/mol. The molecule has 3 heterocycles. The Hall–Kier alpha value is -3.06. The zero-order valence-electron chi connectivity index (χ0n) is 24.6. The molecule has 2 N–H and O–H groups in total. The Balaban J connectivity index is 1.52. The van der Waals surface area contributed by atoms with Gasteiger partial charge in [-0.3, -0.25) is 9.63 Å². The van der Waals surface area contributed by atoms with E-state index in [2.05, 4.69) is 5.32 Å². The van der Waals surface area contributed by atoms with E-state index in [9.17, 15) is 14.7 Å². The lowest BCUT2D eigenvalue weighted by molar-refractivity contribution is -0.341. The van der Waals surface area contributed by atoms with Crippen molar-refractivity contribution in [3.63, 3.8) is 0 Å². The normalized spacial score (nSPS) is 31.7. The van der Waals surface area contributed by atoms with Gasteiger partial charge in [-0.15, -0.1) is 0 Å². The molecule has 0 aromatic heterocycles. The Morgan fingerprint density at radius 2 is 1.79 bits per heavy atom. The predicted octanol–water partition coefficient (Wildman–Crippen LogP) is 2.96. The highest BCUT2D eigenvalue weighted by Crippen LogP contribution is 2.44. The highest BCUT2D eigenvalue weighted by molar-refractivity contribution is 5.83. The van der Waals surface area contributed by atoms with Gasteiger partial charge in [0.1, 0.15) is 24.0 Å². The third-order valence-electron chi connectivity index (χ3n) is 7.66. The molecule has 0 spiro atoms. The summed E-state index contributed by atoms with van der Waals surface area (Å²) in [5.41, 5.74) is -0.444. The molecule has 5 rings (SSSR count). The Labute approximate surface area is 245 Å². The minimum Gasteiger partial charge on any atom is -0.497 e. The van der Waals surface area contributed by atoms with Crippen LogP contribution in [0.25, 0.3) is 0 Å². The van der Waals surface area contributed by atoms with E-state index in [1.54, 1.807) is 24.3 Å². The number of carbonyl (C=O) groups is 2. The average molecular weight is 585 g/mol. The van der Waals surface area contributed by atoms with Crippen molar-refractivity contribution < 1.29 is 43.2 Å². The number of aliphatic hydroxyl groups is 1. The molecule has 7 atom stereocenters. The molecule has 0 radical (unpaired) electrons. The summed E-state index contributed by atoms with van der Waals surface area (Å²) in [6.07, 6.45) is -3.81. The number of methoxy groups -OCH3 is 1. The van der Waals surface area contributed by atoms with Gasteiger partial charge in [-0.2, -0.15) is 5.06 Å². The van der Waals surface area contributed by atoms with Crippen LogP contribution in [0.3, 0.4) is 0 Å². The van der Waals surface area contributed by atoms with Gasteiger partial charge in [0.05, 0.1) is 19.3 Å². The molecule has 0 saturated carbocycles. The molecule has 0 aliphatic carbocycles. The number of fused-ring (bicyclic) bond motifs is 1. The van der Waals surface area contributed by atoms with E-state index < -0.39 is 60.0 Å². The van der Waals surface area contributed by atoms with Gasteiger partial charge in [-0.05, 0) is 51.3 Å². The minimum absolute atomic E-state index is 0.0883. The smallest absolute Gasteiger partial charge is 0.333 e. The zero-order chi connectivity index (χ0) is 30.1. The third-order valence-corrected chi connectivity index (χ3v) is 7.66. The van der Waals surface area contributed by atoms with Crippen molar-refractivity contribution in [1.82, 2.24) is 10.4 Å². The van der Waals surface area contributed by atoms with Gasteiger partial charge < -0.3 is 34.1 Å². The van der Waals surface area contributed by atoms with Crippen molar-refractivity contribution in [2.24, 2.45) is 0 Å². The third kappa shape index (κ3) is 6.17. The second-order valence-electron chi connectivity index (χ2n) is 11.8. The monoisotopic (exact) mass is 584 g/mol. The molecule has 11 nitrogen and oxygen atoms in total. The number of nitrogens with zero attached hydrogens (tertiary/aromatic N) is 1. The number of hydrogen-bond donors (Lipinski definition) is 2. The van der Waals surface area contributed by atoms with Crippen LogP contribution in [0.2, 0.25) is 0 Å². The van der Waals surface area contributed by atoms with Crippen LogP contribution in [0.15, 0.2) is 54.6 Å². The van der Waals surface area contributed by atoms with Crippen molar-refractivity contribution in [1.29, 1.82) is 0 Å². The molecule has 2 unspecified atom stereocenters. The first-order valence-electron chi connectivity index (χ1n) is 14.3. The van der Waals surface area contributed by atoms with Crippen molar-refractivity contribution in [3.8, 4) is 5.75 Å². The lowest BCUT2D eigenvalue weighted by Gasteiger charge is -2.48. The lowest BCUT2D eigenvalue weighted by atomic mass is 9.87. The number of hydrogen-bond acceptors (Lipinski definition) is 10. The summed E-state index contributed by atoms with van der Waals surface area (Å²) in [4.78, 5) is 33.1. The predicted molar refractivity (Wildman–Crippen MR) is 150 cm³/mol. The molecule has 42 heavy (non-hydrogen) atoms. The lowest BCUT2D eigenvalue weighted by Crippen LogP contribution is -2.68. The molecule has 3 saturated heterocycles. The van der Waals surface area contributed by atoms with E-state index >= 15 is 0 Å². The number of benzene rings is 2. The van der Waals surface area contributed by atoms with Crippen LogP contribution in [0.5, 0.6) is 5.75 Å². The molecule has 0 bridgehead atoms. The maximum absolute atomic E-state index is 14.6. The number of esters is 1. The SMILES string of the molecule is COc1ccc([C@@]2(C(=O)O[C@H]3[C@@H]4OC(c5ccccc5)OC[C@H]4OC(O)[C@@H]3NC(C)=O)CCCN2OC(C)(C)C)cc1. The maximum Gasteiger partial charge on any atom is 0.333 e. The van der Waals surface area contributed by atoms with Crippen molar-refractivity contribution in [2.75, 3.05) is 20.3 Å². The summed E-state index contributed by atoms with van der Waals surface area (Å²) in [6.45, 7) is 7.66. The van der Waals surface area contributed by atoms with Gasteiger partial charge in [-0.25, -0.2) is 4.79 Å². The van der Waals surface area contributed by atoms with Gasteiger partial charge >= 0.3 is 5.97 Å². The second kappa shape index (κ2) is 12.3. The Bertz CT molecular complexity index is 1240.